The van der Waals surface area contributed by atoms with Gasteiger partial charge in [-0.2, -0.15) is 0 Å². The van der Waals surface area contributed by atoms with Gasteiger partial charge in [0, 0.05) is 17.5 Å². The van der Waals surface area contributed by atoms with Crippen LogP contribution in [0.15, 0.2) is 0 Å². The zero-order valence-electron chi connectivity index (χ0n) is 14.9. The monoisotopic (exact) mass is 299 g/mol. The van der Waals surface area contributed by atoms with Crippen molar-refractivity contribution in [2.45, 2.75) is 91.3 Å². The van der Waals surface area contributed by atoms with E-state index in [0.29, 0.717) is 12.3 Å². The van der Waals surface area contributed by atoms with Gasteiger partial charge in [-0.05, 0) is 68.2 Å². The largest absolute Gasteiger partial charge is 0.444 e. The Balaban J connectivity index is 4.14. The van der Waals surface area contributed by atoms with Crippen LogP contribution in [0.4, 0.5) is 4.79 Å². The van der Waals surface area contributed by atoms with Crippen molar-refractivity contribution in [2.24, 2.45) is 0 Å². The van der Waals surface area contributed by atoms with Gasteiger partial charge in [0.05, 0.1) is 5.84 Å². The molecule has 5 heteroatoms. The number of amides is 1. The van der Waals surface area contributed by atoms with Gasteiger partial charge in [-0.15, -0.1) is 0 Å². The Morgan fingerprint density at radius 1 is 1.00 bits per heavy atom. The summed E-state index contributed by atoms with van der Waals surface area (Å²) in [7, 11) is 0. The maximum Gasteiger partial charge on any atom is 0.408 e. The van der Waals surface area contributed by atoms with E-state index in [1.807, 2.05) is 55.4 Å². The predicted molar refractivity (Wildman–Crippen MR) is 87.9 cm³/mol. The van der Waals surface area contributed by atoms with E-state index in [1.165, 1.54) is 0 Å². The lowest BCUT2D eigenvalue weighted by Crippen LogP contribution is -2.46. The number of carbonyl (C=O) groups excluding carboxylic acids is 1. The van der Waals surface area contributed by atoms with Gasteiger partial charge in [-0.25, -0.2) is 4.79 Å². The highest BCUT2D eigenvalue weighted by Crippen LogP contribution is 2.15. The maximum atomic E-state index is 11.8. The van der Waals surface area contributed by atoms with E-state index in [-0.39, 0.29) is 11.1 Å². The summed E-state index contributed by atoms with van der Waals surface area (Å²) in [4.78, 5) is 11.8. The van der Waals surface area contributed by atoms with Gasteiger partial charge >= 0.3 is 6.09 Å². The second kappa shape index (κ2) is 7.14. The third-order valence-corrected chi connectivity index (χ3v) is 2.59. The van der Waals surface area contributed by atoms with E-state index in [9.17, 15) is 4.79 Å². The molecule has 0 heterocycles. The maximum absolute atomic E-state index is 11.8. The van der Waals surface area contributed by atoms with Crippen molar-refractivity contribution in [3.8, 4) is 0 Å². The molecule has 5 nitrogen and oxygen atoms in total. The number of ether oxygens (including phenoxy) is 1. The number of alkyl carbamates (subject to hydrolysis) is 1. The van der Waals surface area contributed by atoms with Gasteiger partial charge < -0.3 is 15.4 Å². The minimum atomic E-state index is -0.487. The Kier molecular flexibility index (Phi) is 6.71. The molecule has 0 aliphatic heterocycles. The topological polar surface area (TPSA) is 74.2 Å². The Labute approximate surface area is 129 Å². The van der Waals surface area contributed by atoms with Gasteiger partial charge in [-0.3, -0.25) is 5.41 Å². The van der Waals surface area contributed by atoms with Crippen molar-refractivity contribution in [1.82, 2.24) is 10.6 Å². The quantitative estimate of drug-likeness (QED) is 0.533. The lowest BCUT2D eigenvalue weighted by Gasteiger charge is -2.29. The molecule has 0 aromatic carbocycles. The molecular formula is C16H33N3O2. The Morgan fingerprint density at radius 3 is 1.95 bits per heavy atom. The van der Waals surface area contributed by atoms with Crippen LogP contribution in [0.3, 0.4) is 0 Å². The molecule has 124 valence electrons. The summed E-state index contributed by atoms with van der Waals surface area (Å²) in [5, 5.41) is 13.9. The van der Waals surface area contributed by atoms with Crippen molar-refractivity contribution in [3.05, 3.63) is 0 Å². The summed E-state index contributed by atoms with van der Waals surface area (Å²) < 4.78 is 5.26. The van der Waals surface area contributed by atoms with Crippen molar-refractivity contribution in [3.63, 3.8) is 0 Å². The lowest BCUT2D eigenvalue weighted by atomic mass is 9.97. The van der Waals surface area contributed by atoms with E-state index in [0.717, 1.165) is 12.8 Å². The van der Waals surface area contributed by atoms with Crippen LogP contribution in [0.2, 0.25) is 0 Å². The van der Waals surface area contributed by atoms with Crippen molar-refractivity contribution in [1.29, 1.82) is 5.41 Å². The molecule has 0 atom stereocenters. The minimum absolute atomic E-state index is 0.0820. The fraction of sp³-hybridized carbons (Fsp3) is 0.875. The number of rotatable bonds is 5. The van der Waals surface area contributed by atoms with Gasteiger partial charge in [0.2, 0.25) is 0 Å². The lowest BCUT2D eigenvalue weighted by molar-refractivity contribution is 0.0467. The molecule has 0 radical (unpaired) electrons. The first-order valence-electron chi connectivity index (χ1n) is 7.57. The van der Waals surface area contributed by atoms with Crippen LogP contribution in [0.5, 0.6) is 0 Å². The Morgan fingerprint density at radius 2 is 1.52 bits per heavy atom. The number of amidine groups is 1. The molecule has 0 aliphatic carbocycles. The summed E-state index contributed by atoms with van der Waals surface area (Å²) in [6, 6.07) is 0. The van der Waals surface area contributed by atoms with Gasteiger partial charge in [0.25, 0.3) is 0 Å². The summed E-state index contributed by atoms with van der Waals surface area (Å²) in [6.45, 7) is 15.6. The third kappa shape index (κ3) is 12.2. The van der Waals surface area contributed by atoms with Crippen molar-refractivity contribution >= 4 is 11.9 Å². The highest BCUT2D eigenvalue weighted by molar-refractivity contribution is 5.79. The summed E-state index contributed by atoms with van der Waals surface area (Å²) in [5.41, 5.74) is -0.912. The number of hydrogen-bond donors (Lipinski definition) is 3. The van der Waals surface area contributed by atoms with Crippen LogP contribution in [0.25, 0.3) is 0 Å². The first-order chi connectivity index (χ1) is 9.20. The third-order valence-electron chi connectivity index (χ3n) is 2.59. The molecule has 0 aliphatic rings. The van der Waals surface area contributed by atoms with Crippen LogP contribution >= 0.6 is 0 Å². The standard InChI is InChI=1S/C16H33N3O2/c1-14(2,3)18-12(17)10-9-11-16(7,8)19-13(20)21-15(4,5)6/h9-11H2,1-8H3,(H2,17,18)(H,19,20). The van der Waals surface area contributed by atoms with E-state index in [2.05, 4.69) is 10.6 Å². The molecule has 0 aromatic rings. The number of nitrogens with one attached hydrogen (secondary N) is 3. The molecule has 0 bridgehead atoms. The molecule has 1 amide bonds. The molecule has 0 unspecified atom stereocenters. The summed E-state index contributed by atoms with van der Waals surface area (Å²) in [5.74, 6) is 0.538. The first-order valence-corrected chi connectivity index (χ1v) is 7.57. The second-order valence-electron chi connectivity index (χ2n) is 8.22. The van der Waals surface area contributed by atoms with Crippen LogP contribution in [0, 0.1) is 5.41 Å². The number of carbonyl (C=O) groups is 1. The second-order valence-corrected chi connectivity index (χ2v) is 8.22. The molecule has 3 N–H and O–H groups in total. The van der Waals surface area contributed by atoms with Crippen molar-refractivity contribution < 1.29 is 9.53 Å². The molecule has 0 rings (SSSR count). The van der Waals surface area contributed by atoms with E-state index in [1.54, 1.807) is 0 Å². The predicted octanol–water partition coefficient (Wildman–Crippen LogP) is 3.83. The fourth-order valence-electron chi connectivity index (χ4n) is 1.86. The van der Waals surface area contributed by atoms with Gasteiger partial charge in [0.1, 0.15) is 5.60 Å². The van der Waals surface area contributed by atoms with Crippen LogP contribution in [-0.4, -0.2) is 28.6 Å². The van der Waals surface area contributed by atoms with Gasteiger partial charge in [-0.1, -0.05) is 0 Å². The molecular weight excluding hydrogens is 266 g/mol. The van der Waals surface area contributed by atoms with E-state index in [4.69, 9.17) is 10.1 Å². The van der Waals surface area contributed by atoms with Crippen LogP contribution in [0.1, 0.15) is 74.7 Å². The van der Waals surface area contributed by atoms with E-state index < -0.39 is 11.7 Å². The fourth-order valence-corrected chi connectivity index (χ4v) is 1.86. The molecule has 0 saturated heterocycles. The summed E-state index contributed by atoms with van der Waals surface area (Å²) in [6.07, 6.45) is 1.91. The van der Waals surface area contributed by atoms with Crippen LogP contribution in [-0.2, 0) is 4.74 Å². The van der Waals surface area contributed by atoms with Crippen LogP contribution < -0.4 is 10.6 Å². The normalized spacial score (nSPS) is 12.8. The Hall–Kier alpha value is -1.26. The van der Waals surface area contributed by atoms with Gasteiger partial charge in [0.15, 0.2) is 0 Å². The zero-order valence-corrected chi connectivity index (χ0v) is 14.9. The molecule has 0 spiro atoms. The van der Waals surface area contributed by atoms with Crippen molar-refractivity contribution in [2.75, 3.05) is 0 Å². The molecule has 0 aromatic heterocycles. The highest BCUT2D eigenvalue weighted by atomic mass is 16.6. The minimum Gasteiger partial charge on any atom is -0.444 e. The first kappa shape index (κ1) is 19.7. The average Bonchev–Trinajstić information content (AvgIpc) is 2.08. The zero-order chi connectivity index (χ0) is 16.9. The Bertz CT molecular complexity index is 363. The smallest absolute Gasteiger partial charge is 0.408 e. The SMILES string of the molecule is CC(C)(C)NC(=N)CCCC(C)(C)NC(=O)OC(C)(C)C. The average molecular weight is 299 g/mol. The molecule has 21 heavy (non-hydrogen) atoms. The number of hydrogen-bond acceptors (Lipinski definition) is 3. The molecule has 0 saturated carbocycles. The molecule has 0 fully saturated rings. The highest BCUT2D eigenvalue weighted by Gasteiger charge is 2.24. The summed E-state index contributed by atoms with van der Waals surface area (Å²) >= 11 is 0. The van der Waals surface area contributed by atoms with E-state index >= 15 is 0 Å².